The monoisotopic (exact) mass is 417 g/mol. The maximum Gasteiger partial charge on any atom is 0.256 e. The number of benzene rings is 4. The SMILES string of the molecule is O=C(Nc1ccccc1)c1c(-c2ccc(Cl)cc2)cccc1-c1ccc(Cl)cc1. The molecule has 4 heteroatoms. The predicted molar refractivity (Wildman–Crippen MR) is 122 cm³/mol. The topological polar surface area (TPSA) is 29.1 Å². The molecule has 29 heavy (non-hydrogen) atoms. The van der Waals surface area contributed by atoms with Gasteiger partial charge >= 0.3 is 0 Å². The fraction of sp³-hybridized carbons (Fsp3) is 0. The van der Waals surface area contributed by atoms with Crippen LogP contribution in [0.1, 0.15) is 10.4 Å². The van der Waals surface area contributed by atoms with Crippen LogP contribution in [0, 0.1) is 0 Å². The van der Waals surface area contributed by atoms with E-state index < -0.39 is 0 Å². The fourth-order valence-electron chi connectivity index (χ4n) is 3.25. The third kappa shape index (κ3) is 4.34. The molecule has 0 heterocycles. The second kappa shape index (κ2) is 8.52. The van der Waals surface area contributed by atoms with Crippen LogP contribution in [0.15, 0.2) is 97.1 Å². The highest BCUT2D eigenvalue weighted by atomic mass is 35.5. The van der Waals surface area contributed by atoms with Crippen LogP contribution >= 0.6 is 23.2 Å². The molecule has 0 atom stereocenters. The summed E-state index contributed by atoms with van der Waals surface area (Å²) in [5, 5.41) is 4.31. The lowest BCUT2D eigenvalue weighted by Crippen LogP contribution is -2.14. The van der Waals surface area contributed by atoms with Gasteiger partial charge in [0.2, 0.25) is 0 Å². The van der Waals surface area contributed by atoms with Crippen LogP contribution < -0.4 is 5.32 Å². The fourth-order valence-corrected chi connectivity index (χ4v) is 3.50. The van der Waals surface area contributed by atoms with Crippen LogP contribution in [-0.2, 0) is 0 Å². The van der Waals surface area contributed by atoms with Crippen LogP contribution in [0.2, 0.25) is 10.0 Å². The average molecular weight is 418 g/mol. The van der Waals surface area contributed by atoms with Crippen molar-refractivity contribution in [1.82, 2.24) is 0 Å². The summed E-state index contributed by atoms with van der Waals surface area (Å²) in [5.74, 6) is -0.174. The Hall–Kier alpha value is -3.07. The number of carbonyl (C=O) groups is 1. The molecule has 0 bridgehead atoms. The van der Waals surface area contributed by atoms with E-state index in [4.69, 9.17) is 23.2 Å². The second-order valence-corrected chi connectivity index (χ2v) is 7.43. The Labute approximate surface area is 179 Å². The van der Waals surface area contributed by atoms with Crippen LogP contribution in [-0.4, -0.2) is 5.91 Å². The van der Waals surface area contributed by atoms with Crippen molar-refractivity contribution in [2.24, 2.45) is 0 Å². The molecular weight excluding hydrogens is 401 g/mol. The maximum atomic E-state index is 13.4. The Kier molecular flexibility index (Phi) is 5.66. The highest BCUT2D eigenvalue weighted by molar-refractivity contribution is 6.31. The number of para-hydroxylation sites is 1. The van der Waals surface area contributed by atoms with E-state index in [2.05, 4.69) is 5.32 Å². The number of halogens is 2. The van der Waals surface area contributed by atoms with Crippen molar-refractivity contribution in [2.45, 2.75) is 0 Å². The van der Waals surface area contributed by atoms with Crippen LogP contribution in [0.4, 0.5) is 5.69 Å². The molecule has 0 radical (unpaired) electrons. The molecule has 0 fully saturated rings. The molecule has 2 nitrogen and oxygen atoms in total. The van der Waals surface area contributed by atoms with Crippen molar-refractivity contribution >= 4 is 34.8 Å². The van der Waals surface area contributed by atoms with Gasteiger partial charge in [-0.25, -0.2) is 0 Å². The quantitative estimate of drug-likeness (QED) is 0.364. The number of anilines is 1. The highest BCUT2D eigenvalue weighted by Crippen LogP contribution is 2.34. The predicted octanol–water partition coefficient (Wildman–Crippen LogP) is 7.58. The number of rotatable bonds is 4. The van der Waals surface area contributed by atoms with E-state index in [1.807, 2.05) is 97.1 Å². The Morgan fingerprint density at radius 3 is 1.55 bits per heavy atom. The average Bonchev–Trinajstić information content (AvgIpc) is 2.75. The minimum Gasteiger partial charge on any atom is -0.322 e. The minimum absolute atomic E-state index is 0.174. The molecule has 0 spiro atoms. The van der Waals surface area contributed by atoms with Gasteiger partial charge in [-0.3, -0.25) is 4.79 Å². The Bertz CT molecular complexity index is 1070. The number of amides is 1. The number of carbonyl (C=O) groups excluding carboxylic acids is 1. The molecular formula is C25H17Cl2NO. The molecule has 0 aliphatic rings. The summed E-state index contributed by atoms with van der Waals surface area (Å²) >= 11 is 12.1. The van der Waals surface area contributed by atoms with Gasteiger partial charge in [0.15, 0.2) is 0 Å². The molecule has 0 unspecified atom stereocenters. The first-order chi connectivity index (χ1) is 14.1. The number of nitrogens with one attached hydrogen (secondary N) is 1. The first-order valence-electron chi connectivity index (χ1n) is 9.13. The first-order valence-corrected chi connectivity index (χ1v) is 9.89. The van der Waals surface area contributed by atoms with Crippen molar-refractivity contribution in [1.29, 1.82) is 0 Å². The van der Waals surface area contributed by atoms with Gasteiger partial charge in [-0.1, -0.05) is 83.9 Å². The second-order valence-electron chi connectivity index (χ2n) is 6.56. The van der Waals surface area contributed by atoms with E-state index in [1.165, 1.54) is 0 Å². The molecule has 0 aliphatic carbocycles. The molecule has 0 saturated heterocycles. The van der Waals surface area contributed by atoms with Gasteiger partial charge in [-0.2, -0.15) is 0 Å². The molecule has 4 aromatic rings. The third-order valence-corrected chi connectivity index (χ3v) is 5.14. The summed E-state index contributed by atoms with van der Waals surface area (Å²) in [6.45, 7) is 0. The summed E-state index contributed by atoms with van der Waals surface area (Å²) in [5.41, 5.74) is 4.85. The zero-order valence-corrected chi connectivity index (χ0v) is 16.9. The summed E-state index contributed by atoms with van der Waals surface area (Å²) in [6, 6.07) is 30.2. The van der Waals surface area contributed by atoms with Gasteiger partial charge < -0.3 is 5.32 Å². The summed E-state index contributed by atoms with van der Waals surface area (Å²) in [7, 11) is 0. The molecule has 1 N–H and O–H groups in total. The summed E-state index contributed by atoms with van der Waals surface area (Å²) in [4.78, 5) is 13.4. The molecule has 0 aromatic heterocycles. The zero-order chi connectivity index (χ0) is 20.2. The van der Waals surface area contributed by atoms with Crippen molar-refractivity contribution < 1.29 is 4.79 Å². The lowest BCUT2D eigenvalue weighted by atomic mass is 9.91. The van der Waals surface area contributed by atoms with E-state index in [9.17, 15) is 4.79 Å². The first kappa shape index (κ1) is 19.3. The lowest BCUT2D eigenvalue weighted by molar-refractivity contribution is 0.102. The van der Waals surface area contributed by atoms with Crippen molar-refractivity contribution in [3.8, 4) is 22.3 Å². The largest absolute Gasteiger partial charge is 0.322 e. The van der Waals surface area contributed by atoms with E-state index in [0.717, 1.165) is 27.9 Å². The summed E-state index contributed by atoms with van der Waals surface area (Å²) < 4.78 is 0. The van der Waals surface area contributed by atoms with E-state index in [-0.39, 0.29) is 5.91 Å². The van der Waals surface area contributed by atoms with E-state index in [0.29, 0.717) is 15.6 Å². The Morgan fingerprint density at radius 1 is 0.586 bits per heavy atom. The van der Waals surface area contributed by atoms with Gasteiger partial charge in [-0.05, 0) is 58.7 Å². The Morgan fingerprint density at radius 2 is 1.07 bits per heavy atom. The van der Waals surface area contributed by atoms with Gasteiger partial charge in [0.1, 0.15) is 0 Å². The van der Waals surface area contributed by atoms with Crippen molar-refractivity contribution in [3.63, 3.8) is 0 Å². The van der Waals surface area contributed by atoms with Crippen LogP contribution in [0.3, 0.4) is 0 Å². The smallest absolute Gasteiger partial charge is 0.256 e. The standard InChI is InChI=1S/C25H17Cl2NO/c26-19-13-9-17(10-14-19)22-7-4-8-23(18-11-15-20(27)16-12-18)24(22)25(29)28-21-5-2-1-3-6-21/h1-16H,(H,28,29). The van der Waals surface area contributed by atoms with Gasteiger partial charge in [0, 0.05) is 15.7 Å². The van der Waals surface area contributed by atoms with Gasteiger partial charge in [0.25, 0.3) is 5.91 Å². The molecule has 142 valence electrons. The van der Waals surface area contributed by atoms with Crippen LogP contribution in [0.5, 0.6) is 0 Å². The highest BCUT2D eigenvalue weighted by Gasteiger charge is 2.19. The van der Waals surface area contributed by atoms with Crippen molar-refractivity contribution in [3.05, 3.63) is 113 Å². The van der Waals surface area contributed by atoms with Crippen molar-refractivity contribution in [2.75, 3.05) is 5.32 Å². The number of hydrogen-bond acceptors (Lipinski definition) is 1. The zero-order valence-electron chi connectivity index (χ0n) is 15.4. The van der Waals surface area contributed by atoms with Crippen LogP contribution in [0.25, 0.3) is 22.3 Å². The van der Waals surface area contributed by atoms with Gasteiger partial charge in [-0.15, -0.1) is 0 Å². The molecule has 4 aromatic carbocycles. The lowest BCUT2D eigenvalue weighted by Gasteiger charge is -2.16. The summed E-state index contributed by atoms with van der Waals surface area (Å²) in [6.07, 6.45) is 0. The molecule has 4 rings (SSSR count). The van der Waals surface area contributed by atoms with E-state index >= 15 is 0 Å². The normalized spacial score (nSPS) is 10.6. The minimum atomic E-state index is -0.174. The molecule has 0 aliphatic heterocycles. The van der Waals surface area contributed by atoms with E-state index in [1.54, 1.807) is 0 Å². The molecule has 1 amide bonds. The van der Waals surface area contributed by atoms with Gasteiger partial charge in [0.05, 0.1) is 5.56 Å². The Balaban J connectivity index is 1.87. The number of hydrogen-bond donors (Lipinski definition) is 1. The third-order valence-electron chi connectivity index (χ3n) is 4.63. The maximum absolute atomic E-state index is 13.4. The molecule has 0 saturated carbocycles.